The first-order chi connectivity index (χ1) is 8.22. The van der Waals surface area contributed by atoms with E-state index in [2.05, 4.69) is 5.16 Å². The molecule has 0 bridgehead atoms. The Hall–Kier alpha value is -1.94. The van der Waals surface area contributed by atoms with Crippen LogP contribution in [0.15, 0.2) is 47.6 Å². The van der Waals surface area contributed by atoms with Gasteiger partial charge in [0.1, 0.15) is 5.75 Å². The molecule has 1 atom stereocenters. The maximum Gasteiger partial charge on any atom is 0.180 e. The molecule has 0 aliphatic carbocycles. The maximum atomic E-state index is 8.58. The highest BCUT2D eigenvalue weighted by Gasteiger charge is 2.10. The summed E-state index contributed by atoms with van der Waals surface area (Å²) in [6.07, 6.45) is -0.467. The van der Waals surface area contributed by atoms with Crippen LogP contribution in [-0.4, -0.2) is 17.1 Å². The molecule has 0 aliphatic heterocycles. The summed E-state index contributed by atoms with van der Waals surface area (Å²) in [5.74, 6) is 0.778. The van der Waals surface area contributed by atoms with Crippen LogP contribution in [0, 0.1) is 0 Å². The van der Waals surface area contributed by atoms with Gasteiger partial charge in [-0.3, -0.25) is 0 Å². The second-order valence-corrected chi connectivity index (χ2v) is 3.76. The van der Waals surface area contributed by atoms with Crippen LogP contribution in [0.3, 0.4) is 0 Å². The summed E-state index contributed by atoms with van der Waals surface area (Å²) in [5, 5.41) is 13.6. The number of benzene rings is 2. The summed E-state index contributed by atoms with van der Waals surface area (Å²) in [4.78, 5) is 0. The van der Waals surface area contributed by atoms with E-state index in [-0.39, 0.29) is 18.2 Å². The number of oxime groups is 1. The summed E-state index contributed by atoms with van der Waals surface area (Å²) < 4.78 is 5.66. The quantitative estimate of drug-likeness (QED) is 0.388. The lowest BCUT2D eigenvalue weighted by atomic mass is 10.1. The van der Waals surface area contributed by atoms with Crippen molar-refractivity contribution >= 4 is 29.0 Å². The Kier molecular flexibility index (Phi) is 4.80. The highest BCUT2D eigenvalue weighted by atomic mass is 35.5. The highest BCUT2D eigenvalue weighted by molar-refractivity contribution is 5.89. The molecule has 0 fully saturated rings. The fourth-order valence-electron chi connectivity index (χ4n) is 1.63. The number of hydrogen-bond donors (Lipinski definition) is 2. The molecular formula is C13H15ClN2O2. The Morgan fingerprint density at radius 1 is 1.22 bits per heavy atom. The van der Waals surface area contributed by atoms with Crippen LogP contribution < -0.4 is 10.5 Å². The Balaban J connectivity index is 0.00000162. The molecule has 3 N–H and O–H groups in total. The predicted molar refractivity (Wildman–Crippen MR) is 74.7 cm³/mol. The number of hydrogen-bond acceptors (Lipinski definition) is 3. The summed E-state index contributed by atoms with van der Waals surface area (Å²) in [6.45, 7) is 1.73. The fraction of sp³-hybridized carbons (Fsp3) is 0.154. The molecule has 4 nitrogen and oxygen atoms in total. The monoisotopic (exact) mass is 266 g/mol. The zero-order chi connectivity index (χ0) is 12.3. The number of nitrogens with zero attached hydrogens (tertiary/aromatic N) is 1. The van der Waals surface area contributed by atoms with Crippen molar-refractivity contribution in [2.45, 2.75) is 13.0 Å². The van der Waals surface area contributed by atoms with Crippen molar-refractivity contribution in [3.05, 3.63) is 42.5 Å². The lowest BCUT2D eigenvalue weighted by Crippen LogP contribution is -2.31. The van der Waals surface area contributed by atoms with Crippen molar-refractivity contribution in [3.8, 4) is 5.75 Å². The van der Waals surface area contributed by atoms with Gasteiger partial charge >= 0.3 is 0 Å². The van der Waals surface area contributed by atoms with Crippen molar-refractivity contribution < 1.29 is 9.94 Å². The average Bonchev–Trinajstić information content (AvgIpc) is 2.38. The lowest BCUT2D eigenvalue weighted by Gasteiger charge is -2.14. The van der Waals surface area contributed by atoms with Crippen molar-refractivity contribution in [3.63, 3.8) is 0 Å². The van der Waals surface area contributed by atoms with Gasteiger partial charge in [0.05, 0.1) is 0 Å². The zero-order valence-electron chi connectivity index (χ0n) is 9.91. The van der Waals surface area contributed by atoms with Crippen LogP contribution >= 0.6 is 12.4 Å². The summed E-state index contributed by atoms with van der Waals surface area (Å²) >= 11 is 0. The van der Waals surface area contributed by atoms with E-state index in [1.807, 2.05) is 42.5 Å². The molecule has 0 saturated carbocycles. The average molecular weight is 267 g/mol. The van der Waals surface area contributed by atoms with E-state index in [1.165, 1.54) is 0 Å². The SMILES string of the molecule is CC(Oc1cccc2ccccc12)/C(N)=N\O.Cl. The lowest BCUT2D eigenvalue weighted by molar-refractivity contribution is 0.268. The van der Waals surface area contributed by atoms with E-state index in [4.69, 9.17) is 15.7 Å². The molecule has 5 heteroatoms. The van der Waals surface area contributed by atoms with Gasteiger partial charge in [-0.15, -0.1) is 12.4 Å². The second-order valence-electron chi connectivity index (χ2n) is 3.76. The van der Waals surface area contributed by atoms with Gasteiger partial charge in [0.2, 0.25) is 0 Å². The topological polar surface area (TPSA) is 67.8 Å². The van der Waals surface area contributed by atoms with Crippen molar-refractivity contribution in [2.75, 3.05) is 0 Å². The standard InChI is InChI=1S/C13H14N2O2.ClH/c1-9(13(14)15-16)17-12-8-4-6-10-5-2-3-7-11(10)12;/h2-9,16H,1H3,(H2,14,15);1H. The minimum Gasteiger partial charge on any atom is -0.482 e. The number of fused-ring (bicyclic) bond motifs is 1. The molecular weight excluding hydrogens is 252 g/mol. The van der Waals surface area contributed by atoms with E-state index >= 15 is 0 Å². The van der Waals surface area contributed by atoms with Crippen LogP contribution in [0.25, 0.3) is 10.8 Å². The smallest absolute Gasteiger partial charge is 0.180 e. The van der Waals surface area contributed by atoms with Gasteiger partial charge in [-0.1, -0.05) is 41.6 Å². The Morgan fingerprint density at radius 3 is 2.61 bits per heavy atom. The van der Waals surface area contributed by atoms with E-state index in [0.29, 0.717) is 0 Å². The molecule has 2 aromatic rings. The molecule has 0 amide bonds. The molecule has 0 spiro atoms. The third kappa shape index (κ3) is 2.84. The van der Waals surface area contributed by atoms with Gasteiger partial charge in [-0.2, -0.15) is 0 Å². The normalized spacial score (nSPS) is 12.8. The van der Waals surface area contributed by atoms with Crippen LogP contribution in [-0.2, 0) is 0 Å². The van der Waals surface area contributed by atoms with Crippen LogP contribution in [0.5, 0.6) is 5.75 Å². The molecule has 96 valence electrons. The summed E-state index contributed by atoms with van der Waals surface area (Å²) in [7, 11) is 0. The van der Waals surface area contributed by atoms with Gasteiger partial charge in [0.15, 0.2) is 11.9 Å². The minimum absolute atomic E-state index is 0. The van der Waals surface area contributed by atoms with Gasteiger partial charge in [-0.05, 0) is 18.4 Å². The van der Waals surface area contributed by atoms with Crippen molar-refractivity contribution in [1.82, 2.24) is 0 Å². The van der Waals surface area contributed by atoms with Crippen LogP contribution in [0.2, 0.25) is 0 Å². The van der Waals surface area contributed by atoms with E-state index in [9.17, 15) is 0 Å². The van der Waals surface area contributed by atoms with Gasteiger partial charge < -0.3 is 15.7 Å². The summed E-state index contributed by atoms with van der Waals surface area (Å²) in [6, 6.07) is 13.7. The molecule has 0 heterocycles. The number of rotatable bonds is 3. The van der Waals surface area contributed by atoms with Gasteiger partial charge in [-0.25, -0.2) is 0 Å². The number of nitrogens with two attached hydrogens (primary N) is 1. The molecule has 1 unspecified atom stereocenters. The van der Waals surface area contributed by atoms with E-state index < -0.39 is 6.10 Å². The van der Waals surface area contributed by atoms with Crippen molar-refractivity contribution in [2.24, 2.45) is 10.9 Å². The molecule has 0 saturated heterocycles. The number of amidine groups is 1. The molecule has 0 aliphatic rings. The first kappa shape index (κ1) is 14.1. The Morgan fingerprint density at radius 2 is 1.89 bits per heavy atom. The molecule has 0 radical (unpaired) electrons. The zero-order valence-corrected chi connectivity index (χ0v) is 10.7. The maximum absolute atomic E-state index is 8.58. The van der Waals surface area contributed by atoms with Gasteiger partial charge in [0.25, 0.3) is 0 Å². The van der Waals surface area contributed by atoms with Crippen molar-refractivity contribution in [1.29, 1.82) is 0 Å². The molecule has 18 heavy (non-hydrogen) atoms. The third-order valence-electron chi connectivity index (χ3n) is 2.59. The molecule has 2 rings (SSSR count). The van der Waals surface area contributed by atoms with Gasteiger partial charge in [0, 0.05) is 5.39 Å². The van der Waals surface area contributed by atoms with Crippen LogP contribution in [0.4, 0.5) is 0 Å². The third-order valence-corrected chi connectivity index (χ3v) is 2.59. The number of halogens is 1. The first-order valence-corrected chi connectivity index (χ1v) is 5.34. The molecule has 2 aromatic carbocycles. The summed E-state index contributed by atoms with van der Waals surface area (Å²) in [5.41, 5.74) is 5.48. The molecule has 0 aromatic heterocycles. The Labute approximate surface area is 111 Å². The fourth-order valence-corrected chi connectivity index (χ4v) is 1.63. The minimum atomic E-state index is -0.467. The highest BCUT2D eigenvalue weighted by Crippen LogP contribution is 2.25. The Bertz CT molecular complexity index is 552. The first-order valence-electron chi connectivity index (χ1n) is 5.34. The predicted octanol–water partition coefficient (Wildman–Crippen LogP) is 2.78. The number of ether oxygens (including phenoxy) is 1. The largest absolute Gasteiger partial charge is 0.482 e. The van der Waals surface area contributed by atoms with Crippen LogP contribution in [0.1, 0.15) is 6.92 Å². The second kappa shape index (κ2) is 6.12. The van der Waals surface area contributed by atoms with E-state index in [1.54, 1.807) is 6.92 Å². The van der Waals surface area contributed by atoms with E-state index in [0.717, 1.165) is 16.5 Å².